The highest BCUT2D eigenvalue weighted by Crippen LogP contribution is 2.11. The minimum atomic E-state index is -1.02. The summed E-state index contributed by atoms with van der Waals surface area (Å²) in [5.74, 6) is -1.02. The van der Waals surface area contributed by atoms with Crippen molar-refractivity contribution in [3.63, 3.8) is 0 Å². The van der Waals surface area contributed by atoms with Crippen molar-refractivity contribution in [3.8, 4) is 0 Å². The van der Waals surface area contributed by atoms with Gasteiger partial charge < -0.3 is 20.1 Å². The number of carboxylic acid groups (broad SMARTS) is 1. The summed E-state index contributed by atoms with van der Waals surface area (Å²) in [7, 11) is 0. The standard InChI is InChI=1S/C14H25N3O4/c1-11(16-5-3-2-4-6-16)9-15-14(20)17-7-8-21-12(10-17)13(18)19/h11-12H,2-10H2,1H3,(H,15,20)(H,18,19). The molecule has 2 amide bonds. The first-order chi connectivity index (χ1) is 10.1. The maximum absolute atomic E-state index is 12.1. The molecule has 2 heterocycles. The number of likely N-dealkylation sites (tertiary alicyclic amines) is 1. The zero-order chi connectivity index (χ0) is 15.2. The molecule has 0 aromatic carbocycles. The number of piperidine rings is 1. The number of carbonyl (C=O) groups is 2. The average Bonchev–Trinajstić information content (AvgIpc) is 2.53. The summed E-state index contributed by atoms with van der Waals surface area (Å²) >= 11 is 0. The molecule has 0 radical (unpaired) electrons. The fourth-order valence-corrected chi connectivity index (χ4v) is 2.82. The molecule has 21 heavy (non-hydrogen) atoms. The number of urea groups is 1. The summed E-state index contributed by atoms with van der Waals surface area (Å²) in [4.78, 5) is 26.9. The van der Waals surface area contributed by atoms with Crippen LogP contribution >= 0.6 is 0 Å². The van der Waals surface area contributed by atoms with Crippen LogP contribution in [-0.4, -0.2) is 78.4 Å². The minimum absolute atomic E-state index is 0.110. The van der Waals surface area contributed by atoms with Gasteiger partial charge in [-0.05, 0) is 32.9 Å². The zero-order valence-corrected chi connectivity index (χ0v) is 12.6. The van der Waals surface area contributed by atoms with E-state index in [2.05, 4.69) is 17.1 Å². The van der Waals surface area contributed by atoms with E-state index in [9.17, 15) is 9.59 Å². The normalized spacial score (nSPS) is 25.4. The Kier molecular flexibility index (Phi) is 5.81. The van der Waals surface area contributed by atoms with Crippen LogP contribution in [0.3, 0.4) is 0 Å². The maximum Gasteiger partial charge on any atom is 0.334 e. The van der Waals surface area contributed by atoms with E-state index in [1.54, 1.807) is 0 Å². The molecule has 2 rings (SSSR count). The van der Waals surface area contributed by atoms with Crippen LogP contribution in [0.1, 0.15) is 26.2 Å². The Morgan fingerprint density at radius 3 is 2.67 bits per heavy atom. The second kappa shape index (κ2) is 7.61. The Balaban J connectivity index is 1.74. The molecule has 120 valence electrons. The summed E-state index contributed by atoms with van der Waals surface area (Å²) in [6.45, 7) is 5.71. The molecular weight excluding hydrogens is 274 g/mol. The predicted octanol–water partition coefficient (Wildman–Crippen LogP) is 0.356. The number of nitrogens with zero attached hydrogens (tertiary/aromatic N) is 2. The van der Waals surface area contributed by atoms with Gasteiger partial charge in [0.15, 0.2) is 6.10 Å². The summed E-state index contributed by atoms with van der Waals surface area (Å²) in [6, 6.07) is 0.110. The van der Waals surface area contributed by atoms with Crippen LogP contribution < -0.4 is 5.32 Å². The van der Waals surface area contributed by atoms with E-state index in [0.29, 0.717) is 19.1 Å². The van der Waals surface area contributed by atoms with Crippen LogP contribution in [0.2, 0.25) is 0 Å². The highest BCUT2D eigenvalue weighted by molar-refractivity contribution is 5.77. The topological polar surface area (TPSA) is 82.1 Å². The highest BCUT2D eigenvalue weighted by Gasteiger charge is 2.29. The van der Waals surface area contributed by atoms with Gasteiger partial charge in [-0.25, -0.2) is 9.59 Å². The fourth-order valence-electron chi connectivity index (χ4n) is 2.82. The molecule has 0 aromatic rings. The Bertz CT molecular complexity index is 371. The van der Waals surface area contributed by atoms with Crippen LogP contribution in [0.15, 0.2) is 0 Å². The molecule has 2 saturated heterocycles. The molecule has 2 unspecified atom stereocenters. The lowest BCUT2D eigenvalue weighted by atomic mass is 10.1. The van der Waals surface area contributed by atoms with Crippen molar-refractivity contribution in [2.24, 2.45) is 0 Å². The molecular formula is C14H25N3O4. The predicted molar refractivity (Wildman–Crippen MR) is 77.2 cm³/mol. The molecule has 7 heteroatoms. The molecule has 2 aliphatic rings. The molecule has 0 aliphatic carbocycles. The van der Waals surface area contributed by atoms with E-state index < -0.39 is 12.1 Å². The number of rotatable bonds is 4. The van der Waals surface area contributed by atoms with Crippen LogP contribution in [0.25, 0.3) is 0 Å². The Morgan fingerprint density at radius 2 is 2.00 bits per heavy atom. The third-order valence-corrected chi connectivity index (χ3v) is 4.19. The number of hydrogen-bond donors (Lipinski definition) is 2. The quantitative estimate of drug-likeness (QED) is 0.783. The number of carbonyl (C=O) groups excluding carboxylic acids is 1. The molecule has 2 aliphatic heterocycles. The molecule has 7 nitrogen and oxygen atoms in total. The van der Waals surface area contributed by atoms with E-state index in [1.807, 2.05) is 0 Å². The average molecular weight is 299 g/mol. The number of aliphatic carboxylic acids is 1. The van der Waals surface area contributed by atoms with Gasteiger partial charge in [-0.1, -0.05) is 6.42 Å². The van der Waals surface area contributed by atoms with Crippen molar-refractivity contribution in [2.75, 3.05) is 39.3 Å². The first-order valence-corrected chi connectivity index (χ1v) is 7.69. The lowest BCUT2D eigenvalue weighted by Gasteiger charge is -2.34. The van der Waals surface area contributed by atoms with Crippen molar-refractivity contribution >= 4 is 12.0 Å². The van der Waals surface area contributed by atoms with Crippen molar-refractivity contribution in [1.82, 2.24) is 15.1 Å². The zero-order valence-electron chi connectivity index (χ0n) is 12.6. The van der Waals surface area contributed by atoms with Gasteiger partial charge in [0.2, 0.25) is 0 Å². The first-order valence-electron chi connectivity index (χ1n) is 7.69. The number of amides is 2. The van der Waals surface area contributed by atoms with Crippen LogP contribution in [0, 0.1) is 0 Å². The lowest BCUT2D eigenvalue weighted by molar-refractivity contribution is -0.154. The molecule has 0 bridgehead atoms. The second-order valence-corrected chi connectivity index (χ2v) is 5.78. The molecule has 0 saturated carbocycles. The van der Waals surface area contributed by atoms with Gasteiger partial charge in [-0.15, -0.1) is 0 Å². The molecule has 2 N–H and O–H groups in total. The number of morpholine rings is 1. The van der Waals surface area contributed by atoms with E-state index >= 15 is 0 Å². The van der Waals surface area contributed by atoms with Gasteiger partial charge in [0.25, 0.3) is 0 Å². The van der Waals surface area contributed by atoms with Gasteiger partial charge >= 0.3 is 12.0 Å². The molecule has 0 spiro atoms. The van der Waals surface area contributed by atoms with Crippen LogP contribution in [0.5, 0.6) is 0 Å². The SMILES string of the molecule is CC(CNC(=O)N1CCOC(C(=O)O)C1)N1CCCCC1. The molecule has 0 aromatic heterocycles. The number of ether oxygens (including phenoxy) is 1. The number of hydrogen-bond acceptors (Lipinski definition) is 4. The van der Waals surface area contributed by atoms with E-state index in [4.69, 9.17) is 9.84 Å². The molecule has 2 atom stereocenters. The monoisotopic (exact) mass is 299 g/mol. The largest absolute Gasteiger partial charge is 0.479 e. The minimum Gasteiger partial charge on any atom is -0.479 e. The summed E-state index contributed by atoms with van der Waals surface area (Å²) in [5, 5.41) is 11.8. The first kappa shape index (κ1) is 16.0. The van der Waals surface area contributed by atoms with Gasteiger partial charge in [-0.3, -0.25) is 4.90 Å². The third-order valence-electron chi connectivity index (χ3n) is 4.19. The lowest BCUT2D eigenvalue weighted by Crippen LogP contribution is -2.53. The smallest absolute Gasteiger partial charge is 0.334 e. The van der Waals surface area contributed by atoms with E-state index in [0.717, 1.165) is 13.1 Å². The van der Waals surface area contributed by atoms with Crippen molar-refractivity contribution in [2.45, 2.75) is 38.3 Å². The maximum atomic E-state index is 12.1. The summed E-state index contributed by atoms with van der Waals surface area (Å²) < 4.78 is 5.11. The van der Waals surface area contributed by atoms with Crippen LogP contribution in [0.4, 0.5) is 4.79 Å². The Labute approximate surface area is 125 Å². The summed E-state index contributed by atoms with van der Waals surface area (Å²) in [6.07, 6.45) is 2.83. The third kappa shape index (κ3) is 4.57. The van der Waals surface area contributed by atoms with Crippen LogP contribution in [-0.2, 0) is 9.53 Å². The Hall–Kier alpha value is -1.34. The Morgan fingerprint density at radius 1 is 1.29 bits per heavy atom. The van der Waals surface area contributed by atoms with Gasteiger partial charge in [0.1, 0.15) is 0 Å². The number of carboxylic acids is 1. The van der Waals surface area contributed by atoms with Gasteiger partial charge in [0.05, 0.1) is 13.2 Å². The van der Waals surface area contributed by atoms with Crippen molar-refractivity contribution < 1.29 is 19.4 Å². The van der Waals surface area contributed by atoms with Gasteiger partial charge in [-0.2, -0.15) is 0 Å². The van der Waals surface area contributed by atoms with E-state index in [1.165, 1.54) is 24.2 Å². The second-order valence-electron chi connectivity index (χ2n) is 5.78. The summed E-state index contributed by atoms with van der Waals surface area (Å²) in [5.41, 5.74) is 0. The van der Waals surface area contributed by atoms with E-state index in [-0.39, 0.29) is 19.2 Å². The fraction of sp³-hybridized carbons (Fsp3) is 0.857. The molecule has 2 fully saturated rings. The van der Waals surface area contributed by atoms with Crippen molar-refractivity contribution in [3.05, 3.63) is 0 Å². The van der Waals surface area contributed by atoms with Gasteiger partial charge in [0, 0.05) is 19.1 Å². The number of nitrogens with one attached hydrogen (secondary N) is 1. The van der Waals surface area contributed by atoms with Crippen molar-refractivity contribution in [1.29, 1.82) is 0 Å². The highest BCUT2D eigenvalue weighted by atomic mass is 16.5.